The first-order chi connectivity index (χ1) is 6.75. The van der Waals surface area contributed by atoms with Gasteiger partial charge in [-0.1, -0.05) is 0 Å². The third-order valence-corrected chi connectivity index (χ3v) is 2.42. The van der Waals surface area contributed by atoms with Crippen LogP contribution in [0.15, 0.2) is 12.1 Å². The summed E-state index contributed by atoms with van der Waals surface area (Å²) in [4.78, 5) is 11.2. The number of anilines is 1. The molecule has 14 heavy (non-hydrogen) atoms. The Balaban J connectivity index is 2.17. The highest BCUT2D eigenvalue weighted by Crippen LogP contribution is 2.41. The van der Waals surface area contributed by atoms with E-state index in [0.717, 1.165) is 5.56 Å². The number of nitrogens with one attached hydrogen (secondary N) is 1. The molecule has 0 saturated heterocycles. The van der Waals surface area contributed by atoms with E-state index in [9.17, 15) is 4.79 Å². The van der Waals surface area contributed by atoms with E-state index in [1.165, 1.54) is 0 Å². The van der Waals surface area contributed by atoms with Crippen LogP contribution in [0.4, 0.5) is 5.69 Å². The molecule has 5 nitrogen and oxygen atoms in total. The number of benzene rings is 1. The second-order valence-corrected chi connectivity index (χ2v) is 3.26. The molecule has 72 valence electrons. The molecule has 3 rings (SSSR count). The van der Waals surface area contributed by atoms with Crippen LogP contribution in [-0.2, 0) is 4.79 Å². The van der Waals surface area contributed by atoms with Gasteiger partial charge in [0.15, 0.2) is 11.5 Å². The lowest BCUT2D eigenvalue weighted by Gasteiger charge is -2.02. The van der Waals surface area contributed by atoms with Gasteiger partial charge in [0.2, 0.25) is 12.7 Å². The lowest BCUT2D eigenvalue weighted by molar-refractivity contribution is -0.116. The minimum Gasteiger partial charge on any atom is -0.454 e. The van der Waals surface area contributed by atoms with Gasteiger partial charge in [-0.05, 0) is 6.07 Å². The third kappa shape index (κ3) is 0.843. The summed E-state index contributed by atoms with van der Waals surface area (Å²) >= 11 is 0. The van der Waals surface area contributed by atoms with Crippen molar-refractivity contribution in [1.82, 2.24) is 0 Å². The molecule has 0 fully saturated rings. The Morgan fingerprint density at radius 3 is 2.86 bits per heavy atom. The molecule has 1 atom stereocenters. The van der Waals surface area contributed by atoms with Gasteiger partial charge in [0.1, 0.15) is 6.04 Å². The van der Waals surface area contributed by atoms with Gasteiger partial charge in [0.25, 0.3) is 0 Å². The number of hydrogen-bond acceptors (Lipinski definition) is 4. The molecule has 0 bridgehead atoms. The van der Waals surface area contributed by atoms with Gasteiger partial charge in [-0.2, -0.15) is 0 Å². The van der Waals surface area contributed by atoms with Crippen molar-refractivity contribution in [3.05, 3.63) is 17.7 Å². The molecule has 1 amide bonds. The van der Waals surface area contributed by atoms with Crippen molar-refractivity contribution in [2.24, 2.45) is 5.73 Å². The second kappa shape index (κ2) is 2.39. The molecule has 2 aliphatic heterocycles. The molecule has 3 N–H and O–H groups in total. The molecule has 0 spiro atoms. The summed E-state index contributed by atoms with van der Waals surface area (Å²) in [6.07, 6.45) is 0. The van der Waals surface area contributed by atoms with Crippen LogP contribution in [0.25, 0.3) is 0 Å². The van der Waals surface area contributed by atoms with E-state index in [2.05, 4.69) is 5.32 Å². The first-order valence-corrected chi connectivity index (χ1v) is 4.26. The fourth-order valence-corrected chi connectivity index (χ4v) is 1.67. The Hall–Kier alpha value is -1.75. The van der Waals surface area contributed by atoms with Crippen LogP contribution >= 0.6 is 0 Å². The normalized spacial score (nSPS) is 22.1. The molecule has 1 unspecified atom stereocenters. The van der Waals surface area contributed by atoms with Gasteiger partial charge < -0.3 is 20.5 Å². The first kappa shape index (κ1) is 7.64. The van der Waals surface area contributed by atoms with E-state index in [1.807, 2.05) is 0 Å². The zero-order chi connectivity index (χ0) is 9.71. The highest BCUT2D eigenvalue weighted by atomic mass is 16.7. The van der Waals surface area contributed by atoms with Gasteiger partial charge >= 0.3 is 0 Å². The average Bonchev–Trinajstić information content (AvgIpc) is 2.70. The summed E-state index contributed by atoms with van der Waals surface area (Å²) in [5, 5.41) is 2.68. The Morgan fingerprint density at radius 2 is 2.07 bits per heavy atom. The van der Waals surface area contributed by atoms with E-state index in [-0.39, 0.29) is 12.7 Å². The van der Waals surface area contributed by atoms with Crippen molar-refractivity contribution in [1.29, 1.82) is 0 Å². The number of carbonyl (C=O) groups excluding carboxylic acids is 1. The van der Waals surface area contributed by atoms with Crippen molar-refractivity contribution >= 4 is 11.6 Å². The fourth-order valence-electron chi connectivity index (χ4n) is 1.67. The summed E-state index contributed by atoms with van der Waals surface area (Å²) < 4.78 is 10.4. The van der Waals surface area contributed by atoms with Crippen LogP contribution < -0.4 is 20.5 Å². The molecule has 0 aromatic heterocycles. The van der Waals surface area contributed by atoms with Crippen LogP contribution in [0.3, 0.4) is 0 Å². The van der Waals surface area contributed by atoms with Crippen molar-refractivity contribution in [3.63, 3.8) is 0 Å². The van der Waals surface area contributed by atoms with E-state index >= 15 is 0 Å². The SMILES string of the molecule is NC1C(=O)Nc2cc3c(cc21)OCO3. The molecular weight excluding hydrogens is 184 g/mol. The van der Waals surface area contributed by atoms with Crippen molar-refractivity contribution in [2.75, 3.05) is 12.1 Å². The summed E-state index contributed by atoms with van der Waals surface area (Å²) in [5.74, 6) is 1.11. The van der Waals surface area contributed by atoms with E-state index in [4.69, 9.17) is 15.2 Å². The standard InChI is InChI=1S/C9H8N2O3/c10-8-4-1-6-7(14-3-13-6)2-5(4)11-9(8)12/h1-2,8H,3,10H2,(H,11,12). The Morgan fingerprint density at radius 1 is 1.36 bits per heavy atom. The number of rotatable bonds is 0. The van der Waals surface area contributed by atoms with E-state index in [0.29, 0.717) is 17.2 Å². The van der Waals surface area contributed by atoms with Gasteiger partial charge in [-0.3, -0.25) is 4.79 Å². The number of amides is 1. The molecule has 0 saturated carbocycles. The predicted molar refractivity (Wildman–Crippen MR) is 48.1 cm³/mol. The number of hydrogen-bond donors (Lipinski definition) is 2. The minimum absolute atomic E-state index is 0.191. The summed E-state index contributed by atoms with van der Waals surface area (Å²) in [5.41, 5.74) is 7.15. The van der Waals surface area contributed by atoms with Crippen LogP contribution in [0.5, 0.6) is 11.5 Å². The van der Waals surface area contributed by atoms with Crippen LogP contribution in [-0.4, -0.2) is 12.7 Å². The Bertz CT molecular complexity index is 430. The van der Waals surface area contributed by atoms with Gasteiger partial charge in [-0.25, -0.2) is 0 Å². The summed E-state index contributed by atoms with van der Waals surface area (Å²) in [7, 11) is 0. The first-order valence-electron chi connectivity index (χ1n) is 4.26. The molecule has 0 radical (unpaired) electrons. The lowest BCUT2D eigenvalue weighted by Crippen LogP contribution is -2.19. The molecule has 2 aliphatic rings. The maximum absolute atomic E-state index is 11.2. The zero-order valence-electron chi connectivity index (χ0n) is 7.24. The monoisotopic (exact) mass is 192 g/mol. The zero-order valence-corrected chi connectivity index (χ0v) is 7.24. The highest BCUT2D eigenvalue weighted by Gasteiger charge is 2.30. The van der Waals surface area contributed by atoms with Crippen LogP contribution in [0.2, 0.25) is 0 Å². The Kier molecular flexibility index (Phi) is 1.30. The van der Waals surface area contributed by atoms with Gasteiger partial charge in [0, 0.05) is 11.6 Å². The van der Waals surface area contributed by atoms with Crippen LogP contribution in [0.1, 0.15) is 11.6 Å². The third-order valence-electron chi connectivity index (χ3n) is 2.42. The molecule has 5 heteroatoms. The number of nitrogens with two attached hydrogens (primary N) is 1. The van der Waals surface area contributed by atoms with Gasteiger partial charge in [-0.15, -0.1) is 0 Å². The van der Waals surface area contributed by atoms with Crippen molar-refractivity contribution in [3.8, 4) is 11.5 Å². The predicted octanol–water partition coefficient (Wildman–Crippen LogP) is 0.367. The topological polar surface area (TPSA) is 73.6 Å². The maximum atomic E-state index is 11.2. The molecular formula is C9H8N2O3. The fraction of sp³-hybridized carbons (Fsp3) is 0.222. The Labute approximate surface area is 79.8 Å². The summed E-state index contributed by atoms with van der Waals surface area (Å²) in [6.45, 7) is 0.224. The lowest BCUT2D eigenvalue weighted by atomic mass is 10.1. The van der Waals surface area contributed by atoms with Crippen molar-refractivity contribution in [2.45, 2.75) is 6.04 Å². The molecule has 1 aromatic rings. The number of carbonyl (C=O) groups is 1. The van der Waals surface area contributed by atoms with Crippen molar-refractivity contribution < 1.29 is 14.3 Å². The minimum atomic E-state index is -0.598. The maximum Gasteiger partial charge on any atom is 0.245 e. The molecule has 1 aromatic carbocycles. The number of fused-ring (bicyclic) bond motifs is 2. The molecule has 0 aliphatic carbocycles. The number of ether oxygens (including phenoxy) is 2. The quantitative estimate of drug-likeness (QED) is 0.622. The van der Waals surface area contributed by atoms with Crippen LogP contribution in [0, 0.1) is 0 Å². The molecule has 2 heterocycles. The highest BCUT2D eigenvalue weighted by molar-refractivity contribution is 6.03. The largest absolute Gasteiger partial charge is 0.454 e. The van der Waals surface area contributed by atoms with E-state index in [1.54, 1.807) is 12.1 Å². The smallest absolute Gasteiger partial charge is 0.245 e. The van der Waals surface area contributed by atoms with E-state index < -0.39 is 6.04 Å². The second-order valence-electron chi connectivity index (χ2n) is 3.26. The van der Waals surface area contributed by atoms with Gasteiger partial charge in [0.05, 0.1) is 5.69 Å². The summed E-state index contributed by atoms with van der Waals surface area (Å²) in [6, 6.07) is 2.89. The average molecular weight is 192 g/mol.